The summed E-state index contributed by atoms with van der Waals surface area (Å²) in [5, 5.41) is 2.01. The van der Waals surface area contributed by atoms with Crippen LogP contribution in [0, 0.1) is 0 Å². The summed E-state index contributed by atoms with van der Waals surface area (Å²) >= 11 is 1.51. The summed E-state index contributed by atoms with van der Waals surface area (Å²) in [5.41, 5.74) is 1.26. The van der Waals surface area contributed by atoms with Crippen molar-refractivity contribution in [3.8, 4) is 28.7 Å². The number of benzene rings is 2. The molecule has 0 fully saturated rings. The zero-order chi connectivity index (χ0) is 20.1. The molecule has 6 nitrogen and oxygen atoms in total. The van der Waals surface area contributed by atoms with Gasteiger partial charge in [-0.25, -0.2) is 4.72 Å². The van der Waals surface area contributed by atoms with Crippen LogP contribution in [0.5, 0.6) is 28.7 Å². The van der Waals surface area contributed by atoms with E-state index in [0.717, 1.165) is 16.9 Å². The molecule has 1 atom stereocenters. The molecule has 1 aliphatic rings. The van der Waals surface area contributed by atoms with E-state index >= 15 is 0 Å². The molecule has 0 saturated carbocycles. The topological polar surface area (TPSA) is 58.2 Å². The first-order chi connectivity index (χ1) is 13.6. The van der Waals surface area contributed by atoms with Gasteiger partial charge in [-0.2, -0.15) is 0 Å². The molecular formula is C21H25NO5S. The molecule has 0 saturated heterocycles. The predicted octanol–water partition coefficient (Wildman–Crippen LogP) is 4.13. The van der Waals surface area contributed by atoms with Crippen LogP contribution in [0.25, 0.3) is 0 Å². The van der Waals surface area contributed by atoms with Gasteiger partial charge in [0.15, 0.2) is 11.5 Å². The standard InChI is InChI=1S/C21H25NO5S/c1-6-27-15-9-7-14(8-10-15)21(11-12-28-22-21)16-13-17(23-2)19(25-4)20(26-5)18(16)24-3/h7-13,22H,6H2,1-5H3. The zero-order valence-corrected chi connectivity index (χ0v) is 17.5. The van der Waals surface area contributed by atoms with Crippen LogP contribution >= 0.6 is 11.9 Å². The van der Waals surface area contributed by atoms with Crippen LogP contribution in [-0.4, -0.2) is 35.0 Å². The van der Waals surface area contributed by atoms with Gasteiger partial charge < -0.3 is 23.7 Å². The van der Waals surface area contributed by atoms with Crippen LogP contribution in [0.15, 0.2) is 41.8 Å². The summed E-state index contributed by atoms with van der Waals surface area (Å²) < 4.78 is 31.6. The number of ether oxygens (including phenoxy) is 5. The van der Waals surface area contributed by atoms with Gasteiger partial charge in [0, 0.05) is 5.56 Å². The van der Waals surface area contributed by atoms with Gasteiger partial charge in [0.1, 0.15) is 11.3 Å². The molecule has 0 spiro atoms. The number of nitrogens with one attached hydrogen (secondary N) is 1. The Morgan fingerprint density at radius 3 is 2.07 bits per heavy atom. The third-order valence-electron chi connectivity index (χ3n) is 4.64. The second-order valence-electron chi connectivity index (χ2n) is 6.01. The molecule has 2 aromatic carbocycles. The predicted molar refractivity (Wildman–Crippen MR) is 111 cm³/mol. The Hall–Kier alpha value is -2.51. The lowest BCUT2D eigenvalue weighted by Gasteiger charge is -2.32. The van der Waals surface area contributed by atoms with E-state index in [2.05, 4.69) is 10.8 Å². The van der Waals surface area contributed by atoms with Crippen molar-refractivity contribution in [2.24, 2.45) is 0 Å². The van der Waals surface area contributed by atoms with E-state index in [1.54, 1.807) is 28.4 Å². The fraction of sp³-hybridized carbons (Fsp3) is 0.333. The molecular weight excluding hydrogens is 378 g/mol. The minimum Gasteiger partial charge on any atom is -0.494 e. The highest BCUT2D eigenvalue weighted by atomic mass is 32.2. The van der Waals surface area contributed by atoms with Crippen LogP contribution in [0.3, 0.4) is 0 Å². The van der Waals surface area contributed by atoms with Crippen LogP contribution in [-0.2, 0) is 5.54 Å². The molecule has 1 heterocycles. The first-order valence-corrected chi connectivity index (χ1v) is 9.74. The fourth-order valence-corrected chi connectivity index (χ4v) is 4.18. The molecule has 0 radical (unpaired) electrons. The first kappa shape index (κ1) is 20.2. The van der Waals surface area contributed by atoms with Gasteiger partial charge in [0.05, 0.1) is 35.0 Å². The van der Waals surface area contributed by atoms with E-state index < -0.39 is 5.54 Å². The van der Waals surface area contributed by atoms with E-state index in [4.69, 9.17) is 23.7 Å². The molecule has 7 heteroatoms. The van der Waals surface area contributed by atoms with Crippen molar-refractivity contribution in [2.75, 3.05) is 35.0 Å². The second kappa shape index (κ2) is 8.67. The Morgan fingerprint density at radius 1 is 0.893 bits per heavy atom. The maximum atomic E-state index is 5.76. The highest BCUT2D eigenvalue weighted by Crippen LogP contribution is 2.52. The smallest absolute Gasteiger partial charge is 0.207 e. The molecule has 1 N–H and O–H groups in total. The Bertz CT molecular complexity index is 853. The maximum Gasteiger partial charge on any atom is 0.207 e. The van der Waals surface area contributed by atoms with Crippen LogP contribution in [0.1, 0.15) is 18.1 Å². The number of hydrogen-bond donors (Lipinski definition) is 1. The Morgan fingerprint density at radius 2 is 1.57 bits per heavy atom. The third kappa shape index (κ3) is 3.36. The van der Waals surface area contributed by atoms with E-state index in [1.807, 2.05) is 42.7 Å². The molecule has 150 valence electrons. The van der Waals surface area contributed by atoms with E-state index in [-0.39, 0.29) is 0 Å². The quantitative estimate of drug-likeness (QED) is 0.665. The van der Waals surface area contributed by atoms with Crippen molar-refractivity contribution in [1.29, 1.82) is 0 Å². The molecule has 1 unspecified atom stereocenters. The van der Waals surface area contributed by atoms with Crippen LogP contribution in [0.2, 0.25) is 0 Å². The monoisotopic (exact) mass is 403 g/mol. The van der Waals surface area contributed by atoms with Crippen LogP contribution in [0.4, 0.5) is 0 Å². The van der Waals surface area contributed by atoms with Crippen molar-refractivity contribution in [3.05, 3.63) is 52.9 Å². The summed E-state index contributed by atoms with van der Waals surface area (Å²) in [5.74, 6) is 2.94. The Labute approximate surface area is 169 Å². The molecule has 0 amide bonds. The summed E-state index contributed by atoms with van der Waals surface area (Å²) in [6.45, 7) is 2.59. The van der Waals surface area contributed by atoms with Gasteiger partial charge in [-0.05, 0) is 42.2 Å². The van der Waals surface area contributed by atoms with Crippen molar-refractivity contribution in [2.45, 2.75) is 12.5 Å². The van der Waals surface area contributed by atoms with Gasteiger partial charge >= 0.3 is 0 Å². The third-order valence-corrected chi connectivity index (χ3v) is 5.35. The minimum atomic E-state index is -0.631. The maximum absolute atomic E-state index is 5.76. The molecule has 28 heavy (non-hydrogen) atoms. The molecule has 2 aromatic rings. The summed E-state index contributed by atoms with van der Waals surface area (Å²) in [4.78, 5) is 0. The van der Waals surface area contributed by atoms with Crippen molar-refractivity contribution in [1.82, 2.24) is 4.72 Å². The number of methoxy groups -OCH3 is 4. The molecule has 3 rings (SSSR count). The number of hydrogen-bond acceptors (Lipinski definition) is 7. The average molecular weight is 404 g/mol. The lowest BCUT2D eigenvalue weighted by Crippen LogP contribution is -2.35. The zero-order valence-electron chi connectivity index (χ0n) is 16.7. The summed E-state index contributed by atoms with van der Waals surface area (Å²) in [6.07, 6.45) is 2.09. The normalized spacial score (nSPS) is 18.0. The average Bonchev–Trinajstić information content (AvgIpc) is 3.23. The second-order valence-corrected chi connectivity index (χ2v) is 6.73. The lowest BCUT2D eigenvalue weighted by molar-refractivity contribution is 0.301. The Kier molecular flexibility index (Phi) is 6.26. The summed E-state index contributed by atoms with van der Waals surface area (Å²) in [6, 6.07) is 9.92. The minimum absolute atomic E-state index is 0.483. The fourth-order valence-electron chi connectivity index (χ4n) is 3.36. The first-order valence-electron chi connectivity index (χ1n) is 8.86. The van der Waals surface area contributed by atoms with Crippen LogP contribution < -0.4 is 28.4 Å². The van der Waals surface area contributed by atoms with Gasteiger partial charge in [-0.1, -0.05) is 24.1 Å². The van der Waals surface area contributed by atoms with Gasteiger partial charge in [-0.3, -0.25) is 0 Å². The summed E-state index contributed by atoms with van der Waals surface area (Å²) in [7, 11) is 6.37. The van der Waals surface area contributed by atoms with Crippen molar-refractivity contribution in [3.63, 3.8) is 0 Å². The largest absolute Gasteiger partial charge is 0.494 e. The number of rotatable bonds is 8. The van der Waals surface area contributed by atoms with Crippen molar-refractivity contribution >= 4 is 11.9 Å². The van der Waals surface area contributed by atoms with E-state index in [1.165, 1.54) is 11.9 Å². The van der Waals surface area contributed by atoms with Gasteiger partial charge in [-0.15, -0.1) is 0 Å². The molecule has 0 bridgehead atoms. The lowest BCUT2D eigenvalue weighted by atomic mass is 9.82. The van der Waals surface area contributed by atoms with E-state index in [9.17, 15) is 0 Å². The molecule has 1 aliphatic heterocycles. The van der Waals surface area contributed by atoms with Gasteiger partial charge in [0.25, 0.3) is 0 Å². The highest BCUT2D eigenvalue weighted by Gasteiger charge is 2.40. The molecule has 0 aliphatic carbocycles. The Balaban J connectivity index is 2.23. The molecule has 0 aromatic heterocycles. The SMILES string of the molecule is CCOc1ccc(C2(c3cc(OC)c(OC)c(OC)c3OC)C=CSN2)cc1. The highest BCUT2D eigenvalue weighted by molar-refractivity contribution is 8.00. The van der Waals surface area contributed by atoms with Crippen molar-refractivity contribution < 1.29 is 23.7 Å². The van der Waals surface area contributed by atoms with Gasteiger partial charge in [0.2, 0.25) is 11.5 Å². The van der Waals surface area contributed by atoms with E-state index in [0.29, 0.717) is 29.6 Å².